The molecule has 0 radical (unpaired) electrons. The van der Waals surface area contributed by atoms with Crippen molar-refractivity contribution in [2.24, 2.45) is 11.7 Å². The number of carbonyl (C=O) groups is 1. The largest absolute Gasteiger partial charge is 0.330 e. The highest BCUT2D eigenvalue weighted by molar-refractivity contribution is 5.92. The SMILES string of the molecule is Cc1ccc(F)cc1NC(=O)CN(C)C1CCCC1CN. The van der Waals surface area contributed by atoms with Crippen LogP contribution in [0, 0.1) is 18.7 Å². The van der Waals surface area contributed by atoms with Gasteiger partial charge in [0.1, 0.15) is 5.82 Å². The molecule has 2 rings (SSSR count). The van der Waals surface area contributed by atoms with Crippen LogP contribution in [0.3, 0.4) is 0 Å². The quantitative estimate of drug-likeness (QED) is 0.874. The van der Waals surface area contributed by atoms with Crippen LogP contribution < -0.4 is 11.1 Å². The van der Waals surface area contributed by atoms with E-state index in [1.165, 1.54) is 18.6 Å². The number of aryl methyl sites for hydroxylation is 1. The van der Waals surface area contributed by atoms with Gasteiger partial charge in [-0.15, -0.1) is 0 Å². The summed E-state index contributed by atoms with van der Waals surface area (Å²) in [5, 5.41) is 2.79. The zero-order valence-electron chi connectivity index (χ0n) is 12.7. The van der Waals surface area contributed by atoms with Gasteiger partial charge in [-0.2, -0.15) is 0 Å². The third kappa shape index (κ3) is 4.02. The molecule has 1 aliphatic rings. The molecule has 2 atom stereocenters. The van der Waals surface area contributed by atoms with Crippen LogP contribution in [0.4, 0.5) is 10.1 Å². The van der Waals surface area contributed by atoms with Crippen molar-refractivity contribution in [2.75, 3.05) is 25.5 Å². The summed E-state index contributed by atoms with van der Waals surface area (Å²) in [5.41, 5.74) is 7.18. The molecule has 1 fully saturated rings. The molecule has 116 valence electrons. The summed E-state index contributed by atoms with van der Waals surface area (Å²) in [6.07, 6.45) is 3.39. The van der Waals surface area contributed by atoms with Gasteiger partial charge in [0.05, 0.1) is 6.54 Å². The van der Waals surface area contributed by atoms with Gasteiger partial charge < -0.3 is 11.1 Å². The molecule has 1 aliphatic carbocycles. The van der Waals surface area contributed by atoms with E-state index in [0.29, 0.717) is 30.7 Å². The lowest BCUT2D eigenvalue weighted by atomic mass is 10.0. The fourth-order valence-electron chi connectivity index (χ4n) is 3.13. The lowest BCUT2D eigenvalue weighted by Gasteiger charge is -2.28. The molecule has 1 aromatic carbocycles. The number of likely N-dealkylation sites (N-methyl/N-ethyl adjacent to an activating group) is 1. The number of halogens is 1. The Bertz CT molecular complexity index is 506. The molecule has 0 spiro atoms. The summed E-state index contributed by atoms with van der Waals surface area (Å²) in [5.74, 6) is 0.0100. The molecule has 4 nitrogen and oxygen atoms in total. The second-order valence-corrected chi connectivity index (χ2v) is 5.92. The van der Waals surface area contributed by atoms with Crippen LogP contribution in [0.15, 0.2) is 18.2 Å². The number of amides is 1. The fourth-order valence-corrected chi connectivity index (χ4v) is 3.13. The Morgan fingerprint density at radius 1 is 1.48 bits per heavy atom. The molecule has 3 N–H and O–H groups in total. The van der Waals surface area contributed by atoms with Crippen LogP contribution in [0.25, 0.3) is 0 Å². The number of anilines is 1. The molecule has 1 aromatic rings. The molecule has 5 heteroatoms. The first-order valence-electron chi connectivity index (χ1n) is 7.47. The number of carbonyl (C=O) groups excluding carboxylic acids is 1. The average molecular weight is 293 g/mol. The first-order chi connectivity index (χ1) is 10.0. The normalized spacial score (nSPS) is 21.8. The Kier molecular flexibility index (Phi) is 5.31. The Morgan fingerprint density at radius 2 is 2.24 bits per heavy atom. The predicted molar refractivity (Wildman–Crippen MR) is 82.6 cm³/mol. The lowest BCUT2D eigenvalue weighted by Crippen LogP contribution is -2.41. The van der Waals surface area contributed by atoms with E-state index in [-0.39, 0.29) is 11.7 Å². The molecule has 1 amide bonds. The number of rotatable bonds is 5. The van der Waals surface area contributed by atoms with Crippen LogP contribution >= 0.6 is 0 Å². The minimum Gasteiger partial charge on any atom is -0.330 e. The maximum atomic E-state index is 13.2. The van der Waals surface area contributed by atoms with Crippen LogP contribution in [0.1, 0.15) is 24.8 Å². The van der Waals surface area contributed by atoms with Crippen molar-refractivity contribution in [3.8, 4) is 0 Å². The van der Waals surface area contributed by atoms with Gasteiger partial charge in [0.15, 0.2) is 0 Å². The van der Waals surface area contributed by atoms with Gasteiger partial charge in [-0.3, -0.25) is 9.69 Å². The molecular formula is C16H24FN3O. The smallest absolute Gasteiger partial charge is 0.238 e. The van der Waals surface area contributed by atoms with E-state index in [4.69, 9.17) is 5.73 Å². The van der Waals surface area contributed by atoms with Crippen molar-refractivity contribution < 1.29 is 9.18 Å². The fraction of sp³-hybridized carbons (Fsp3) is 0.562. The highest BCUT2D eigenvalue weighted by atomic mass is 19.1. The molecular weight excluding hydrogens is 269 g/mol. The average Bonchev–Trinajstić information content (AvgIpc) is 2.91. The second kappa shape index (κ2) is 7.00. The van der Waals surface area contributed by atoms with E-state index < -0.39 is 0 Å². The summed E-state index contributed by atoms with van der Waals surface area (Å²) in [6.45, 7) is 2.82. The van der Waals surface area contributed by atoms with Crippen LogP contribution in [-0.2, 0) is 4.79 Å². The number of nitrogens with two attached hydrogens (primary N) is 1. The molecule has 0 heterocycles. The van der Waals surface area contributed by atoms with E-state index in [1.54, 1.807) is 6.07 Å². The van der Waals surface area contributed by atoms with Crippen molar-refractivity contribution >= 4 is 11.6 Å². The molecule has 0 saturated heterocycles. The molecule has 2 unspecified atom stereocenters. The van der Waals surface area contributed by atoms with Crippen molar-refractivity contribution in [3.05, 3.63) is 29.6 Å². The first-order valence-corrected chi connectivity index (χ1v) is 7.47. The van der Waals surface area contributed by atoms with E-state index in [1.807, 2.05) is 14.0 Å². The minimum atomic E-state index is -0.344. The number of hydrogen-bond acceptors (Lipinski definition) is 3. The third-order valence-electron chi connectivity index (χ3n) is 4.35. The van der Waals surface area contributed by atoms with E-state index >= 15 is 0 Å². The summed E-state index contributed by atoms with van der Waals surface area (Å²) in [6, 6.07) is 4.78. The number of hydrogen-bond donors (Lipinski definition) is 2. The lowest BCUT2D eigenvalue weighted by molar-refractivity contribution is -0.117. The van der Waals surface area contributed by atoms with Crippen molar-refractivity contribution in [1.82, 2.24) is 4.90 Å². The van der Waals surface area contributed by atoms with Gasteiger partial charge in [0.25, 0.3) is 0 Å². The Morgan fingerprint density at radius 3 is 2.95 bits per heavy atom. The Balaban J connectivity index is 1.93. The number of nitrogens with zero attached hydrogens (tertiary/aromatic N) is 1. The zero-order chi connectivity index (χ0) is 15.4. The summed E-state index contributed by atoms with van der Waals surface area (Å²) in [4.78, 5) is 14.2. The van der Waals surface area contributed by atoms with Crippen molar-refractivity contribution in [1.29, 1.82) is 0 Å². The predicted octanol–water partition coefficient (Wildman–Crippen LogP) is 2.13. The van der Waals surface area contributed by atoms with Crippen molar-refractivity contribution in [3.63, 3.8) is 0 Å². The molecule has 0 bridgehead atoms. The molecule has 21 heavy (non-hydrogen) atoms. The summed E-state index contributed by atoms with van der Waals surface area (Å²) < 4.78 is 13.2. The van der Waals surface area contributed by atoms with E-state index in [2.05, 4.69) is 10.2 Å². The van der Waals surface area contributed by atoms with Crippen LogP contribution in [0.2, 0.25) is 0 Å². The Hall–Kier alpha value is -1.46. The third-order valence-corrected chi connectivity index (χ3v) is 4.35. The first kappa shape index (κ1) is 15.9. The minimum absolute atomic E-state index is 0.117. The van der Waals surface area contributed by atoms with Gasteiger partial charge in [-0.05, 0) is 57.0 Å². The standard InChI is InChI=1S/C16H24FN3O/c1-11-6-7-13(17)8-14(11)19-16(21)10-20(2)15-5-3-4-12(15)9-18/h6-8,12,15H,3-5,9-10,18H2,1-2H3,(H,19,21). The van der Waals surface area contributed by atoms with Crippen LogP contribution in [0.5, 0.6) is 0 Å². The molecule has 0 aliphatic heterocycles. The highest BCUT2D eigenvalue weighted by Crippen LogP contribution is 2.28. The highest BCUT2D eigenvalue weighted by Gasteiger charge is 2.30. The van der Waals surface area contributed by atoms with Gasteiger partial charge in [0, 0.05) is 11.7 Å². The maximum Gasteiger partial charge on any atom is 0.238 e. The van der Waals surface area contributed by atoms with E-state index in [0.717, 1.165) is 18.4 Å². The monoisotopic (exact) mass is 293 g/mol. The topological polar surface area (TPSA) is 58.4 Å². The van der Waals surface area contributed by atoms with Gasteiger partial charge >= 0.3 is 0 Å². The molecule has 1 saturated carbocycles. The van der Waals surface area contributed by atoms with E-state index in [9.17, 15) is 9.18 Å². The number of benzene rings is 1. The van der Waals surface area contributed by atoms with Gasteiger partial charge in [-0.25, -0.2) is 4.39 Å². The van der Waals surface area contributed by atoms with Gasteiger partial charge in [-0.1, -0.05) is 12.5 Å². The van der Waals surface area contributed by atoms with Gasteiger partial charge in [0.2, 0.25) is 5.91 Å². The number of nitrogens with one attached hydrogen (secondary N) is 1. The second-order valence-electron chi connectivity index (χ2n) is 5.92. The summed E-state index contributed by atoms with van der Waals surface area (Å²) >= 11 is 0. The Labute approximate surface area is 125 Å². The zero-order valence-corrected chi connectivity index (χ0v) is 12.7. The van der Waals surface area contributed by atoms with Crippen LogP contribution in [-0.4, -0.2) is 37.0 Å². The maximum absolute atomic E-state index is 13.2. The molecule has 0 aromatic heterocycles. The summed E-state index contributed by atoms with van der Waals surface area (Å²) in [7, 11) is 1.96. The van der Waals surface area contributed by atoms with Crippen molar-refractivity contribution in [2.45, 2.75) is 32.2 Å².